The molecule has 0 aromatic carbocycles. The van der Waals surface area contributed by atoms with Gasteiger partial charge < -0.3 is 0 Å². The first-order chi connectivity index (χ1) is 5.54. The Bertz CT molecular complexity index is 253. The van der Waals surface area contributed by atoms with Gasteiger partial charge >= 0.3 is 5.38 Å². The van der Waals surface area contributed by atoms with E-state index in [1.807, 2.05) is 6.92 Å². The third-order valence-electron chi connectivity index (χ3n) is 1.52. The van der Waals surface area contributed by atoms with E-state index in [0.29, 0.717) is 0 Å². The van der Waals surface area contributed by atoms with Gasteiger partial charge in [0.2, 0.25) is 0 Å². The number of alkyl halides is 3. The first kappa shape index (κ1) is 9.39. The number of hydrogen-bond donors (Lipinski definition) is 0. The molecule has 12 heavy (non-hydrogen) atoms. The number of rotatable bonds is 2. The van der Waals surface area contributed by atoms with Crippen LogP contribution in [0.4, 0.5) is 8.78 Å². The molecule has 1 nitrogen and oxygen atoms in total. The van der Waals surface area contributed by atoms with Crippen LogP contribution in [-0.2, 0) is 11.8 Å². The molecular formula is C8H8ClF2N. The highest BCUT2D eigenvalue weighted by molar-refractivity contribution is 6.21. The summed E-state index contributed by atoms with van der Waals surface area (Å²) in [5, 5.41) is -3.35. The molecule has 0 N–H and O–H groups in total. The Morgan fingerprint density at radius 2 is 2.17 bits per heavy atom. The Kier molecular flexibility index (Phi) is 2.62. The van der Waals surface area contributed by atoms with E-state index in [4.69, 9.17) is 11.6 Å². The molecule has 4 heteroatoms. The van der Waals surface area contributed by atoms with Gasteiger partial charge in [0.25, 0.3) is 0 Å². The molecular weight excluding hydrogens is 184 g/mol. The van der Waals surface area contributed by atoms with E-state index in [1.165, 1.54) is 12.3 Å². The standard InChI is InChI=1S/C8H8ClF2N/c1-2-6-3-4-7(12-5-6)8(9,10)11/h3-5H,2H2,1H3. The summed E-state index contributed by atoms with van der Waals surface area (Å²) in [6.45, 7) is 1.93. The summed E-state index contributed by atoms with van der Waals surface area (Å²) in [6, 6.07) is 2.84. The Balaban J connectivity index is 2.93. The van der Waals surface area contributed by atoms with Crippen molar-refractivity contribution in [3.63, 3.8) is 0 Å². The van der Waals surface area contributed by atoms with Crippen LogP contribution >= 0.6 is 11.6 Å². The van der Waals surface area contributed by atoms with Crippen LogP contribution in [0.2, 0.25) is 0 Å². The second-order valence-electron chi connectivity index (χ2n) is 2.40. The zero-order valence-corrected chi connectivity index (χ0v) is 7.28. The maximum absolute atomic E-state index is 12.4. The molecule has 0 aliphatic rings. The van der Waals surface area contributed by atoms with Crippen molar-refractivity contribution in [1.29, 1.82) is 0 Å². The molecule has 0 saturated carbocycles. The molecule has 0 bridgehead atoms. The van der Waals surface area contributed by atoms with Gasteiger partial charge in [-0.2, -0.15) is 8.78 Å². The quantitative estimate of drug-likeness (QED) is 0.655. The van der Waals surface area contributed by atoms with Crippen molar-refractivity contribution in [3.05, 3.63) is 29.6 Å². The van der Waals surface area contributed by atoms with Gasteiger partial charge in [0.1, 0.15) is 5.69 Å². The number of aromatic nitrogens is 1. The summed E-state index contributed by atoms with van der Waals surface area (Å²) in [5.41, 5.74) is 0.515. The number of halogens is 3. The maximum atomic E-state index is 12.4. The van der Waals surface area contributed by atoms with Crippen molar-refractivity contribution >= 4 is 11.6 Å². The molecule has 0 fully saturated rings. The minimum absolute atomic E-state index is 0.402. The van der Waals surface area contributed by atoms with E-state index in [0.717, 1.165) is 12.0 Å². The highest BCUT2D eigenvalue weighted by Crippen LogP contribution is 2.30. The van der Waals surface area contributed by atoms with Crippen LogP contribution in [0.25, 0.3) is 0 Å². The van der Waals surface area contributed by atoms with Crippen molar-refractivity contribution < 1.29 is 8.78 Å². The summed E-state index contributed by atoms with van der Waals surface area (Å²) in [7, 11) is 0. The molecule has 66 valence electrons. The van der Waals surface area contributed by atoms with E-state index >= 15 is 0 Å². The lowest BCUT2D eigenvalue weighted by molar-refractivity contribution is 0.0900. The van der Waals surface area contributed by atoms with E-state index < -0.39 is 11.1 Å². The van der Waals surface area contributed by atoms with Gasteiger partial charge in [-0.15, -0.1) is 0 Å². The summed E-state index contributed by atoms with van der Waals surface area (Å²) >= 11 is 4.76. The molecule has 0 radical (unpaired) electrons. The molecule has 1 aromatic rings. The smallest absolute Gasteiger partial charge is 0.253 e. The minimum atomic E-state index is -3.35. The summed E-state index contributed by atoms with van der Waals surface area (Å²) in [4.78, 5) is 3.54. The molecule has 1 rings (SSSR count). The molecule has 0 aliphatic heterocycles. The lowest BCUT2D eigenvalue weighted by atomic mass is 10.2. The fourth-order valence-corrected chi connectivity index (χ4v) is 0.913. The number of aryl methyl sites for hydroxylation is 1. The normalized spacial score (nSPS) is 11.7. The van der Waals surface area contributed by atoms with Crippen LogP contribution < -0.4 is 0 Å². The molecule has 0 atom stereocenters. The fourth-order valence-electron chi connectivity index (χ4n) is 0.801. The minimum Gasteiger partial charge on any atom is -0.253 e. The van der Waals surface area contributed by atoms with E-state index in [-0.39, 0.29) is 0 Å². The van der Waals surface area contributed by atoms with Crippen molar-refractivity contribution in [1.82, 2.24) is 4.98 Å². The van der Waals surface area contributed by atoms with Gasteiger partial charge in [0.15, 0.2) is 0 Å². The van der Waals surface area contributed by atoms with Crippen LogP contribution in [0.1, 0.15) is 18.2 Å². The topological polar surface area (TPSA) is 12.9 Å². The first-order valence-corrected chi connectivity index (χ1v) is 3.94. The molecule has 0 spiro atoms. The SMILES string of the molecule is CCc1ccc(C(F)(F)Cl)nc1. The zero-order chi connectivity index (χ0) is 9.19. The molecule has 0 saturated heterocycles. The number of nitrogens with zero attached hydrogens (tertiary/aromatic N) is 1. The zero-order valence-electron chi connectivity index (χ0n) is 6.52. The Hall–Kier alpha value is -0.700. The first-order valence-electron chi connectivity index (χ1n) is 3.56. The van der Waals surface area contributed by atoms with E-state index in [2.05, 4.69) is 4.98 Å². The van der Waals surface area contributed by atoms with Gasteiger partial charge in [0, 0.05) is 6.20 Å². The van der Waals surface area contributed by atoms with Crippen LogP contribution in [0.5, 0.6) is 0 Å². The van der Waals surface area contributed by atoms with Gasteiger partial charge in [-0.1, -0.05) is 13.0 Å². The van der Waals surface area contributed by atoms with Gasteiger partial charge in [-0.25, -0.2) is 0 Å². The average Bonchev–Trinajstić information content (AvgIpc) is 2.03. The fraction of sp³-hybridized carbons (Fsp3) is 0.375. The van der Waals surface area contributed by atoms with E-state index in [1.54, 1.807) is 6.07 Å². The highest BCUT2D eigenvalue weighted by atomic mass is 35.5. The van der Waals surface area contributed by atoms with Crippen molar-refractivity contribution in [3.8, 4) is 0 Å². The summed E-state index contributed by atoms with van der Waals surface area (Å²) in [6.07, 6.45) is 2.19. The van der Waals surface area contributed by atoms with Gasteiger partial charge in [-0.05, 0) is 29.7 Å². The Morgan fingerprint density at radius 3 is 2.50 bits per heavy atom. The number of pyridine rings is 1. The predicted molar refractivity (Wildman–Crippen MR) is 43.4 cm³/mol. The Morgan fingerprint density at radius 1 is 1.50 bits per heavy atom. The third kappa shape index (κ3) is 2.14. The second-order valence-corrected chi connectivity index (χ2v) is 2.88. The monoisotopic (exact) mass is 191 g/mol. The van der Waals surface area contributed by atoms with Gasteiger partial charge in [0.05, 0.1) is 0 Å². The van der Waals surface area contributed by atoms with Crippen LogP contribution in [0.3, 0.4) is 0 Å². The van der Waals surface area contributed by atoms with Crippen LogP contribution in [0, 0.1) is 0 Å². The van der Waals surface area contributed by atoms with Crippen molar-refractivity contribution in [2.45, 2.75) is 18.7 Å². The summed E-state index contributed by atoms with van der Waals surface area (Å²) in [5.74, 6) is 0. The molecule has 0 aliphatic carbocycles. The lowest BCUT2D eigenvalue weighted by Crippen LogP contribution is -2.05. The number of hydrogen-bond acceptors (Lipinski definition) is 1. The van der Waals surface area contributed by atoms with Crippen molar-refractivity contribution in [2.75, 3.05) is 0 Å². The molecule has 1 heterocycles. The Labute approximate surface area is 74.4 Å². The molecule has 0 amide bonds. The highest BCUT2D eigenvalue weighted by Gasteiger charge is 2.29. The maximum Gasteiger partial charge on any atom is 0.364 e. The average molecular weight is 192 g/mol. The largest absolute Gasteiger partial charge is 0.364 e. The van der Waals surface area contributed by atoms with Crippen molar-refractivity contribution in [2.24, 2.45) is 0 Å². The molecule has 1 aromatic heterocycles. The lowest BCUT2D eigenvalue weighted by Gasteiger charge is -2.06. The van der Waals surface area contributed by atoms with Crippen LogP contribution in [0.15, 0.2) is 18.3 Å². The third-order valence-corrected chi connectivity index (χ3v) is 1.72. The van der Waals surface area contributed by atoms with E-state index in [9.17, 15) is 8.78 Å². The second kappa shape index (κ2) is 3.35. The summed E-state index contributed by atoms with van der Waals surface area (Å²) < 4.78 is 24.8. The molecule has 0 unspecified atom stereocenters. The van der Waals surface area contributed by atoms with Gasteiger partial charge in [-0.3, -0.25) is 4.98 Å². The predicted octanol–water partition coefficient (Wildman–Crippen LogP) is 2.93. The van der Waals surface area contributed by atoms with Crippen LogP contribution in [-0.4, -0.2) is 4.98 Å².